The van der Waals surface area contributed by atoms with Crippen LogP contribution < -0.4 is 4.68 Å². The van der Waals surface area contributed by atoms with E-state index in [9.17, 15) is 49.4 Å². The van der Waals surface area contributed by atoms with E-state index in [1.54, 1.807) is 0 Å². The first-order chi connectivity index (χ1) is 14.3. The summed E-state index contributed by atoms with van der Waals surface area (Å²) in [7, 11) is 0. The molecule has 1 N–H and O–H groups in total. The smallest absolute Gasteiger partial charge is 0.423 e. The molecule has 15 heteroatoms. The van der Waals surface area contributed by atoms with Gasteiger partial charge in [-0.05, 0) is 12.1 Å². The number of carbonyl (C=O) groups is 1. The summed E-state index contributed by atoms with van der Waals surface area (Å²) in [6.45, 7) is 0.944. The minimum atomic E-state index is -5.47. The Morgan fingerprint density at radius 2 is 1.50 bits per heavy atom. The third kappa shape index (κ3) is 4.08. The van der Waals surface area contributed by atoms with Crippen molar-refractivity contribution in [2.45, 2.75) is 13.1 Å². The fraction of sp³-hybridized carbons (Fsp3) is 0.118. The second-order valence-corrected chi connectivity index (χ2v) is 6.05. The van der Waals surface area contributed by atoms with Crippen LogP contribution in [0.1, 0.15) is 27.2 Å². The van der Waals surface area contributed by atoms with E-state index in [-0.39, 0.29) is 36.4 Å². The fourth-order valence-corrected chi connectivity index (χ4v) is 2.65. The molecule has 0 radical (unpaired) electrons. The minimum absolute atomic E-state index is 0. The predicted molar refractivity (Wildman–Crippen MR) is 80.7 cm³/mol. The third-order valence-corrected chi connectivity index (χ3v) is 4.05. The standard InChI is InChI=1S/C17H6F9N3O2.Zn/c1-5-11(13(30)6-2-8(18)12(21)9(19)3-6)16(31)29(27-5)28-14(22)7(17(24,25)26)4-10(20)15(28)23;/h2-4H,1H3;/p+1. The summed E-state index contributed by atoms with van der Waals surface area (Å²) in [5.41, 5.74) is -4.64. The number of ketones is 1. The molecule has 2 aromatic heterocycles. The summed E-state index contributed by atoms with van der Waals surface area (Å²) in [5.74, 6) is -15.2. The van der Waals surface area contributed by atoms with Crippen LogP contribution in [-0.4, -0.2) is 20.8 Å². The van der Waals surface area contributed by atoms with Gasteiger partial charge in [-0.2, -0.15) is 26.3 Å². The van der Waals surface area contributed by atoms with Crippen LogP contribution in [0.25, 0.3) is 0 Å². The number of alkyl halides is 3. The normalized spacial score (nSPS) is 11.4. The molecule has 0 fully saturated rings. The molecular formula is C17H7F9N3O2Zn+. The number of benzene rings is 1. The second-order valence-electron chi connectivity index (χ2n) is 6.05. The predicted octanol–water partition coefficient (Wildman–Crippen LogP) is 3.58. The van der Waals surface area contributed by atoms with Crippen molar-refractivity contribution >= 4 is 5.78 Å². The second kappa shape index (κ2) is 8.53. The van der Waals surface area contributed by atoms with E-state index in [2.05, 4.69) is 5.10 Å². The zero-order valence-corrected chi connectivity index (χ0v) is 18.5. The Morgan fingerprint density at radius 1 is 0.969 bits per heavy atom. The Labute approximate surface area is 184 Å². The van der Waals surface area contributed by atoms with E-state index >= 15 is 0 Å². The maximum absolute atomic E-state index is 14.3. The summed E-state index contributed by atoms with van der Waals surface area (Å²) < 4.78 is 120. The Kier molecular flexibility index (Phi) is 6.74. The molecule has 166 valence electrons. The van der Waals surface area contributed by atoms with Crippen LogP contribution in [-0.2, 0) is 25.7 Å². The van der Waals surface area contributed by atoms with Crippen LogP contribution in [0, 0.1) is 42.1 Å². The van der Waals surface area contributed by atoms with Gasteiger partial charge < -0.3 is 5.11 Å². The van der Waals surface area contributed by atoms with Crippen LogP contribution >= 0.6 is 0 Å². The molecule has 0 unspecified atom stereocenters. The van der Waals surface area contributed by atoms with Gasteiger partial charge in [-0.1, -0.05) is 4.68 Å². The molecule has 2 heterocycles. The summed E-state index contributed by atoms with van der Waals surface area (Å²) in [5, 5.41) is 13.5. The van der Waals surface area contributed by atoms with Gasteiger partial charge in [-0.15, -0.1) is 0 Å². The number of aryl methyl sites for hydroxylation is 1. The van der Waals surface area contributed by atoms with Crippen molar-refractivity contribution in [3.63, 3.8) is 0 Å². The first kappa shape index (κ1) is 25.3. The molecule has 0 spiro atoms. The SMILES string of the molecule is Cc1nn(-[n+]2c(F)c(F)cc(C(F)(F)F)c2F)c(O)c1C(=O)c1cc(F)c(F)c(F)c1.[Zn]. The van der Waals surface area contributed by atoms with E-state index < -0.39 is 86.1 Å². The van der Waals surface area contributed by atoms with Crippen molar-refractivity contribution in [3.8, 4) is 5.88 Å². The molecule has 1 aromatic carbocycles. The fourth-order valence-electron chi connectivity index (χ4n) is 2.65. The number of aromatic nitrogens is 3. The Hall–Kier alpha value is -2.96. The number of hydrogen-bond donors (Lipinski definition) is 1. The van der Waals surface area contributed by atoms with Crippen molar-refractivity contribution in [1.82, 2.24) is 9.89 Å². The van der Waals surface area contributed by atoms with Gasteiger partial charge in [0.25, 0.3) is 5.88 Å². The van der Waals surface area contributed by atoms with E-state index in [1.165, 1.54) is 0 Å². The molecule has 0 saturated heterocycles. The summed E-state index contributed by atoms with van der Waals surface area (Å²) >= 11 is 0. The van der Waals surface area contributed by atoms with E-state index in [0.717, 1.165) is 6.92 Å². The summed E-state index contributed by atoms with van der Waals surface area (Å²) in [6, 6.07) is 0.0230. The molecule has 3 aromatic rings. The molecule has 0 amide bonds. The maximum atomic E-state index is 14.3. The number of halogens is 9. The van der Waals surface area contributed by atoms with Gasteiger partial charge in [0.15, 0.2) is 23.1 Å². The van der Waals surface area contributed by atoms with Crippen LogP contribution in [0.3, 0.4) is 0 Å². The molecule has 3 rings (SSSR count). The third-order valence-electron chi connectivity index (χ3n) is 4.05. The molecule has 5 nitrogen and oxygen atoms in total. The van der Waals surface area contributed by atoms with Gasteiger partial charge in [0, 0.05) is 47.9 Å². The Morgan fingerprint density at radius 3 is 2.00 bits per heavy atom. The largest absolute Gasteiger partial charge is 0.489 e. The van der Waals surface area contributed by atoms with E-state index in [1.807, 2.05) is 0 Å². The number of rotatable bonds is 3. The average Bonchev–Trinajstić information content (AvgIpc) is 2.95. The minimum Gasteiger partial charge on any atom is -0.489 e. The molecular weight excluding hydrogens is 515 g/mol. The number of hydrogen-bond acceptors (Lipinski definition) is 3. The zero-order chi connectivity index (χ0) is 23.4. The number of carbonyl (C=O) groups excluding carboxylic acids is 1. The monoisotopic (exact) mass is 520 g/mol. The van der Waals surface area contributed by atoms with Crippen molar-refractivity contribution < 1.29 is 73.6 Å². The van der Waals surface area contributed by atoms with E-state index in [0.29, 0.717) is 0 Å². The van der Waals surface area contributed by atoms with Crippen LogP contribution in [0.5, 0.6) is 5.88 Å². The zero-order valence-electron chi connectivity index (χ0n) is 15.5. The summed E-state index contributed by atoms with van der Waals surface area (Å²) in [4.78, 5) is 12.2. The van der Waals surface area contributed by atoms with E-state index in [4.69, 9.17) is 0 Å². The van der Waals surface area contributed by atoms with Crippen LogP contribution in [0.15, 0.2) is 18.2 Å². The van der Waals surface area contributed by atoms with Gasteiger partial charge in [-0.25, -0.2) is 13.2 Å². The van der Waals surface area contributed by atoms with Crippen molar-refractivity contribution in [2.75, 3.05) is 0 Å². The van der Waals surface area contributed by atoms with Gasteiger partial charge in [0.2, 0.25) is 11.6 Å². The van der Waals surface area contributed by atoms with Gasteiger partial charge >= 0.3 is 18.1 Å². The van der Waals surface area contributed by atoms with Gasteiger partial charge in [0.1, 0.15) is 11.1 Å². The Balaban J connectivity index is 0.00000363. The number of nitrogens with zero attached hydrogens (tertiary/aromatic N) is 3. The molecule has 0 atom stereocenters. The maximum Gasteiger partial charge on any atom is 0.423 e. The van der Waals surface area contributed by atoms with Crippen LogP contribution in [0.2, 0.25) is 0 Å². The first-order valence-corrected chi connectivity index (χ1v) is 7.91. The van der Waals surface area contributed by atoms with Crippen molar-refractivity contribution in [2.24, 2.45) is 0 Å². The van der Waals surface area contributed by atoms with Gasteiger partial charge in [0.05, 0.1) is 0 Å². The molecule has 0 aliphatic heterocycles. The first-order valence-electron chi connectivity index (χ1n) is 7.91. The number of pyridine rings is 1. The molecule has 0 aliphatic rings. The van der Waals surface area contributed by atoms with Crippen LogP contribution in [0.4, 0.5) is 39.5 Å². The molecule has 32 heavy (non-hydrogen) atoms. The topological polar surface area (TPSA) is 59.0 Å². The molecule has 0 bridgehead atoms. The van der Waals surface area contributed by atoms with Crippen molar-refractivity contribution in [1.29, 1.82) is 0 Å². The molecule has 0 saturated carbocycles. The average molecular weight is 522 g/mol. The number of aromatic hydroxyl groups is 1. The molecule has 0 aliphatic carbocycles. The summed E-state index contributed by atoms with van der Waals surface area (Å²) in [6.07, 6.45) is -5.47. The van der Waals surface area contributed by atoms with Gasteiger partial charge in [-0.3, -0.25) is 4.79 Å². The van der Waals surface area contributed by atoms with Crippen molar-refractivity contribution in [3.05, 3.63) is 75.7 Å². The quantitative estimate of drug-likeness (QED) is 0.143. The Bertz CT molecular complexity index is 1220.